The standard InChI is InChI=1S/C26H33N3O2/c1-21(2)25(27-24(30)20-23-12-7-4-8-13-23)26(31)29-18-16-28(17-19-29)15-9-14-22-10-5-3-6-11-22/h3-14,21,25H,15-20H2,1-2H3,(H,27,30). The maximum Gasteiger partial charge on any atom is 0.245 e. The third-order valence-electron chi connectivity index (χ3n) is 5.61. The van der Waals surface area contributed by atoms with Crippen LogP contribution in [-0.2, 0) is 16.0 Å². The molecule has 0 aromatic heterocycles. The summed E-state index contributed by atoms with van der Waals surface area (Å²) in [5, 5.41) is 2.97. The van der Waals surface area contributed by atoms with Crippen molar-refractivity contribution < 1.29 is 9.59 Å². The number of piperazine rings is 1. The van der Waals surface area contributed by atoms with E-state index in [2.05, 4.69) is 34.5 Å². The van der Waals surface area contributed by atoms with Gasteiger partial charge in [0, 0.05) is 32.7 Å². The molecular weight excluding hydrogens is 386 g/mol. The Kier molecular flexibility index (Phi) is 8.42. The van der Waals surface area contributed by atoms with Crippen LogP contribution in [-0.4, -0.2) is 60.4 Å². The van der Waals surface area contributed by atoms with E-state index >= 15 is 0 Å². The van der Waals surface area contributed by atoms with E-state index in [9.17, 15) is 9.59 Å². The molecule has 5 heteroatoms. The minimum absolute atomic E-state index is 0.0240. The highest BCUT2D eigenvalue weighted by molar-refractivity contribution is 5.88. The van der Waals surface area contributed by atoms with Crippen LogP contribution in [0, 0.1) is 5.92 Å². The maximum atomic E-state index is 13.1. The fourth-order valence-electron chi connectivity index (χ4n) is 3.77. The third-order valence-corrected chi connectivity index (χ3v) is 5.61. The Balaban J connectivity index is 1.48. The van der Waals surface area contributed by atoms with Crippen LogP contribution in [0.2, 0.25) is 0 Å². The number of nitrogens with one attached hydrogen (secondary N) is 1. The van der Waals surface area contributed by atoms with Gasteiger partial charge in [-0.25, -0.2) is 0 Å². The number of hydrogen-bond donors (Lipinski definition) is 1. The van der Waals surface area contributed by atoms with Crippen molar-refractivity contribution in [1.82, 2.24) is 15.1 Å². The van der Waals surface area contributed by atoms with Crippen LogP contribution >= 0.6 is 0 Å². The molecule has 1 aliphatic rings. The molecule has 0 saturated carbocycles. The monoisotopic (exact) mass is 419 g/mol. The van der Waals surface area contributed by atoms with Gasteiger partial charge in [0.25, 0.3) is 0 Å². The van der Waals surface area contributed by atoms with Crippen LogP contribution < -0.4 is 5.32 Å². The van der Waals surface area contributed by atoms with Gasteiger partial charge in [0.1, 0.15) is 6.04 Å². The second-order valence-electron chi connectivity index (χ2n) is 8.39. The summed E-state index contributed by atoms with van der Waals surface area (Å²) in [6.07, 6.45) is 4.60. The van der Waals surface area contributed by atoms with Gasteiger partial charge in [0.2, 0.25) is 11.8 Å². The Morgan fingerprint density at radius 2 is 1.55 bits per heavy atom. The smallest absolute Gasteiger partial charge is 0.245 e. The van der Waals surface area contributed by atoms with E-state index in [0.717, 1.165) is 25.2 Å². The Hall–Kier alpha value is -2.92. The molecule has 31 heavy (non-hydrogen) atoms. The molecule has 3 rings (SSSR count). The first-order valence-electron chi connectivity index (χ1n) is 11.1. The van der Waals surface area contributed by atoms with Crippen molar-refractivity contribution in [2.75, 3.05) is 32.7 Å². The molecule has 1 N–H and O–H groups in total. The van der Waals surface area contributed by atoms with Gasteiger partial charge in [0.15, 0.2) is 0 Å². The summed E-state index contributed by atoms with van der Waals surface area (Å²) < 4.78 is 0. The first kappa shape index (κ1) is 22.8. The van der Waals surface area contributed by atoms with Gasteiger partial charge < -0.3 is 10.2 Å². The van der Waals surface area contributed by atoms with E-state index in [0.29, 0.717) is 19.5 Å². The van der Waals surface area contributed by atoms with Crippen molar-refractivity contribution in [3.63, 3.8) is 0 Å². The van der Waals surface area contributed by atoms with Crippen LogP contribution in [0.5, 0.6) is 0 Å². The zero-order valence-electron chi connectivity index (χ0n) is 18.5. The number of amides is 2. The Morgan fingerprint density at radius 3 is 2.16 bits per heavy atom. The summed E-state index contributed by atoms with van der Waals surface area (Å²) in [6.45, 7) is 7.90. The number of carbonyl (C=O) groups is 2. The van der Waals surface area contributed by atoms with Crippen LogP contribution in [0.3, 0.4) is 0 Å². The fourth-order valence-corrected chi connectivity index (χ4v) is 3.77. The summed E-state index contributed by atoms with van der Waals surface area (Å²) in [5.41, 5.74) is 2.15. The van der Waals surface area contributed by atoms with E-state index in [-0.39, 0.29) is 17.7 Å². The van der Waals surface area contributed by atoms with Crippen molar-refractivity contribution in [3.8, 4) is 0 Å². The molecule has 1 fully saturated rings. The predicted molar refractivity (Wildman–Crippen MR) is 125 cm³/mol. The molecule has 0 aliphatic carbocycles. The van der Waals surface area contributed by atoms with Gasteiger partial charge in [-0.2, -0.15) is 0 Å². The maximum absolute atomic E-state index is 13.1. The lowest BCUT2D eigenvalue weighted by Crippen LogP contribution is -2.56. The predicted octanol–water partition coefficient (Wildman–Crippen LogP) is 3.23. The molecule has 0 radical (unpaired) electrons. The zero-order chi connectivity index (χ0) is 22.1. The summed E-state index contributed by atoms with van der Waals surface area (Å²) in [5.74, 6) is -0.0436. The lowest BCUT2D eigenvalue weighted by atomic mass is 10.0. The van der Waals surface area contributed by atoms with Crippen molar-refractivity contribution >= 4 is 17.9 Å². The summed E-state index contributed by atoms with van der Waals surface area (Å²) in [6, 6.07) is 19.4. The molecule has 1 aliphatic heterocycles. The summed E-state index contributed by atoms with van der Waals surface area (Å²) >= 11 is 0. The number of rotatable bonds is 8. The molecule has 0 spiro atoms. The van der Waals surface area contributed by atoms with Gasteiger partial charge in [-0.05, 0) is 17.0 Å². The van der Waals surface area contributed by atoms with Crippen molar-refractivity contribution in [1.29, 1.82) is 0 Å². The van der Waals surface area contributed by atoms with E-state index in [1.165, 1.54) is 5.56 Å². The van der Waals surface area contributed by atoms with Gasteiger partial charge in [-0.3, -0.25) is 14.5 Å². The lowest BCUT2D eigenvalue weighted by Gasteiger charge is -2.37. The average molecular weight is 420 g/mol. The molecule has 164 valence electrons. The molecule has 0 bridgehead atoms. The van der Waals surface area contributed by atoms with Gasteiger partial charge >= 0.3 is 0 Å². The van der Waals surface area contributed by atoms with Gasteiger partial charge in [-0.1, -0.05) is 86.7 Å². The van der Waals surface area contributed by atoms with Gasteiger partial charge in [0.05, 0.1) is 6.42 Å². The minimum atomic E-state index is -0.485. The molecule has 1 heterocycles. The third kappa shape index (κ3) is 7.07. The minimum Gasteiger partial charge on any atom is -0.344 e. The highest BCUT2D eigenvalue weighted by Crippen LogP contribution is 2.11. The Morgan fingerprint density at radius 1 is 0.935 bits per heavy atom. The van der Waals surface area contributed by atoms with E-state index in [1.807, 2.05) is 67.3 Å². The van der Waals surface area contributed by atoms with E-state index in [1.54, 1.807) is 0 Å². The SMILES string of the molecule is CC(C)C(NC(=O)Cc1ccccc1)C(=O)N1CCN(CC=Cc2ccccc2)CC1. The normalized spacial score (nSPS) is 15.9. The molecule has 2 amide bonds. The first-order chi connectivity index (χ1) is 15.0. The highest BCUT2D eigenvalue weighted by Gasteiger charge is 2.30. The summed E-state index contributed by atoms with van der Waals surface area (Å²) in [4.78, 5) is 29.9. The van der Waals surface area contributed by atoms with Crippen LogP contribution in [0.15, 0.2) is 66.7 Å². The number of carbonyl (C=O) groups excluding carboxylic acids is 2. The van der Waals surface area contributed by atoms with Crippen LogP contribution in [0.1, 0.15) is 25.0 Å². The van der Waals surface area contributed by atoms with Crippen LogP contribution in [0.4, 0.5) is 0 Å². The molecule has 1 saturated heterocycles. The average Bonchev–Trinajstić information content (AvgIpc) is 2.79. The van der Waals surface area contributed by atoms with Crippen LogP contribution in [0.25, 0.3) is 6.08 Å². The van der Waals surface area contributed by atoms with Gasteiger partial charge in [-0.15, -0.1) is 0 Å². The largest absolute Gasteiger partial charge is 0.344 e. The fraction of sp³-hybridized carbons (Fsp3) is 0.385. The Labute approximate surface area is 185 Å². The zero-order valence-corrected chi connectivity index (χ0v) is 18.5. The quantitative estimate of drug-likeness (QED) is 0.715. The topological polar surface area (TPSA) is 52.7 Å². The second kappa shape index (κ2) is 11.5. The molecule has 1 unspecified atom stereocenters. The van der Waals surface area contributed by atoms with E-state index in [4.69, 9.17) is 0 Å². The lowest BCUT2D eigenvalue weighted by molar-refractivity contribution is -0.139. The molecule has 2 aromatic carbocycles. The number of benzene rings is 2. The summed E-state index contributed by atoms with van der Waals surface area (Å²) in [7, 11) is 0. The first-order valence-corrected chi connectivity index (χ1v) is 11.1. The molecule has 1 atom stereocenters. The van der Waals surface area contributed by atoms with Crippen molar-refractivity contribution in [2.45, 2.75) is 26.3 Å². The molecule has 2 aromatic rings. The van der Waals surface area contributed by atoms with Crippen molar-refractivity contribution in [2.24, 2.45) is 5.92 Å². The number of nitrogens with zero attached hydrogens (tertiary/aromatic N) is 2. The second-order valence-corrected chi connectivity index (χ2v) is 8.39. The number of hydrogen-bond acceptors (Lipinski definition) is 3. The van der Waals surface area contributed by atoms with E-state index < -0.39 is 6.04 Å². The van der Waals surface area contributed by atoms with Crippen molar-refractivity contribution in [3.05, 3.63) is 77.9 Å². The molecule has 5 nitrogen and oxygen atoms in total. The molecular formula is C26H33N3O2. The highest BCUT2D eigenvalue weighted by atomic mass is 16.2. The Bertz CT molecular complexity index is 857.